The molecular weight excluding hydrogens is 525 g/mol. The minimum atomic E-state index is -2.63. The molecule has 0 unspecified atom stereocenters. The van der Waals surface area contributed by atoms with Crippen LogP contribution >= 0.6 is 0 Å². The molecule has 0 saturated carbocycles. The van der Waals surface area contributed by atoms with E-state index in [2.05, 4.69) is 135 Å². The fourth-order valence-corrected chi connectivity index (χ4v) is 11.8. The fraction of sp³-hybridized carbons (Fsp3) is 0.600. The highest BCUT2D eigenvalue weighted by molar-refractivity contribution is 6.99. The summed E-state index contributed by atoms with van der Waals surface area (Å²) in [6, 6.07) is 21.7. The van der Waals surface area contributed by atoms with Crippen LogP contribution in [0.5, 0.6) is 0 Å². The highest BCUT2D eigenvalue weighted by Crippen LogP contribution is 2.48. The van der Waals surface area contributed by atoms with Gasteiger partial charge in [-0.05, 0) is 71.2 Å². The van der Waals surface area contributed by atoms with Crippen molar-refractivity contribution in [1.29, 1.82) is 0 Å². The van der Waals surface area contributed by atoms with Crippen molar-refractivity contribution >= 4 is 27.0 Å². The summed E-state index contributed by atoms with van der Waals surface area (Å²) < 4.78 is 13.8. The number of hydrogen-bond donors (Lipinski definition) is 1. The molecule has 0 aromatic heterocycles. The smallest absolute Gasteiger partial charge is 0.261 e. The van der Waals surface area contributed by atoms with Crippen LogP contribution in [0.2, 0.25) is 23.2 Å². The van der Waals surface area contributed by atoms with Gasteiger partial charge in [0.2, 0.25) is 0 Å². The third-order valence-corrected chi connectivity index (χ3v) is 19.6. The molecule has 40 heavy (non-hydrogen) atoms. The van der Waals surface area contributed by atoms with Crippen molar-refractivity contribution in [3.8, 4) is 0 Å². The van der Waals surface area contributed by atoms with Gasteiger partial charge >= 0.3 is 0 Å². The Morgan fingerprint density at radius 3 is 1.77 bits per heavy atom. The zero-order valence-corrected chi connectivity index (χ0v) is 29.2. The van der Waals surface area contributed by atoms with Crippen LogP contribution < -0.4 is 10.4 Å². The van der Waals surface area contributed by atoms with Gasteiger partial charge in [-0.25, -0.2) is 0 Å². The highest BCUT2D eigenvalue weighted by atomic mass is 28.4. The van der Waals surface area contributed by atoms with Crippen LogP contribution in [-0.4, -0.2) is 40.6 Å². The first-order valence-electron chi connectivity index (χ1n) is 15.2. The van der Waals surface area contributed by atoms with Crippen LogP contribution in [0.3, 0.4) is 0 Å². The molecule has 0 amide bonds. The van der Waals surface area contributed by atoms with Crippen molar-refractivity contribution in [2.45, 2.75) is 110 Å². The third kappa shape index (κ3) is 6.76. The van der Waals surface area contributed by atoms with E-state index in [0.29, 0.717) is 6.61 Å². The monoisotopic (exact) mass is 580 g/mol. The topological polar surface area (TPSA) is 38.7 Å². The summed E-state index contributed by atoms with van der Waals surface area (Å²) >= 11 is 0. The largest absolute Gasteiger partial charge is 0.417 e. The molecule has 3 rings (SSSR count). The standard InChI is InChI=1S/C35H56O3Si2/c1-28-25-35(9,36)34(8,23-18-24-37-39(10,11)32(2,3)4)26-29(28)27-38-40(33(5,6)7,30-19-14-12-15-20-30)31-21-16-13-17-22-31/h12-17,19-22,26,28,36H,18,23-25,27H2,1-11H3/t28-,34-,35+/m0/s1. The van der Waals surface area contributed by atoms with E-state index in [1.165, 1.54) is 15.9 Å². The van der Waals surface area contributed by atoms with E-state index in [1.807, 2.05) is 6.92 Å². The molecule has 2 aromatic carbocycles. The predicted octanol–water partition coefficient (Wildman–Crippen LogP) is 8.09. The van der Waals surface area contributed by atoms with E-state index in [0.717, 1.165) is 25.9 Å². The van der Waals surface area contributed by atoms with Crippen LogP contribution in [0.15, 0.2) is 72.3 Å². The Labute approximate surface area is 247 Å². The highest BCUT2D eigenvalue weighted by Gasteiger charge is 2.51. The van der Waals surface area contributed by atoms with Gasteiger partial charge in [0.15, 0.2) is 8.32 Å². The Balaban J connectivity index is 1.91. The van der Waals surface area contributed by atoms with Gasteiger partial charge in [0.05, 0.1) is 12.2 Å². The van der Waals surface area contributed by atoms with Crippen molar-refractivity contribution in [2.24, 2.45) is 11.3 Å². The van der Waals surface area contributed by atoms with Crippen molar-refractivity contribution in [2.75, 3.05) is 13.2 Å². The summed E-state index contributed by atoms with van der Waals surface area (Å²) in [6.45, 7) is 26.3. The van der Waals surface area contributed by atoms with E-state index < -0.39 is 22.2 Å². The molecule has 2 aromatic rings. The fourth-order valence-electron chi connectivity index (χ4n) is 6.13. The van der Waals surface area contributed by atoms with Crippen LogP contribution in [-0.2, 0) is 8.85 Å². The average Bonchev–Trinajstić information content (AvgIpc) is 2.85. The summed E-state index contributed by atoms with van der Waals surface area (Å²) in [7, 11) is -4.42. The maximum atomic E-state index is 11.7. The van der Waals surface area contributed by atoms with Crippen LogP contribution in [0, 0.1) is 11.3 Å². The summed E-state index contributed by atoms with van der Waals surface area (Å²) in [5, 5.41) is 14.4. The van der Waals surface area contributed by atoms with Gasteiger partial charge in [-0.3, -0.25) is 0 Å². The lowest BCUT2D eigenvalue weighted by atomic mass is 9.62. The van der Waals surface area contributed by atoms with E-state index in [9.17, 15) is 5.11 Å². The molecule has 3 atom stereocenters. The van der Waals surface area contributed by atoms with Gasteiger partial charge in [-0.1, -0.05) is 122 Å². The summed E-state index contributed by atoms with van der Waals surface area (Å²) in [5.41, 5.74) is 0.206. The lowest BCUT2D eigenvalue weighted by Crippen LogP contribution is -2.66. The molecule has 0 fully saturated rings. The summed E-state index contributed by atoms with van der Waals surface area (Å²) in [5.74, 6) is 0.254. The maximum absolute atomic E-state index is 11.7. The first kappa shape index (κ1) is 33.0. The Kier molecular flexibility index (Phi) is 9.90. The van der Waals surface area contributed by atoms with E-state index >= 15 is 0 Å². The van der Waals surface area contributed by atoms with Gasteiger partial charge in [0.1, 0.15) is 0 Å². The second kappa shape index (κ2) is 12.0. The van der Waals surface area contributed by atoms with E-state index in [4.69, 9.17) is 8.85 Å². The Bertz CT molecular complexity index is 1090. The van der Waals surface area contributed by atoms with Crippen LogP contribution in [0.4, 0.5) is 0 Å². The van der Waals surface area contributed by atoms with Crippen molar-refractivity contribution in [1.82, 2.24) is 0 Å². The number of hydrogen-bond acceptors (Lipinski definition) is 3. The number of aliphatic hydroxyl groups is 1. The molecule has 3 nitrogen and oxygen atoms in total. The number of rotatable bonds is 10. The maximum Gasteiger partial charge on any atom is 0.261 e. The molecule has 222 valence electrons. The number of benzene rings is 2. The summed E-state index contributed by atoms with van der Waals surface area (Å²) in [6.07, 6.45) is 4.94. The summed E-state index contributed by atoms with van der Waals surface area (Å²) in [4.78, 5) is 0. The first-order valence-corrected chi connectivity index (χ1v) is 20.0. The zero-order valence-electron chi connectivity index (χ0n) is 27.2. The molecule has 5 heteroatoms. The Morgan fingerprint density at radius 1 is 0.825 bits per heavy atom. The molecular formula is C35H56O3Si2. The van der Waals surface area contributed by atoms with Crippen LogP contribution in [0.25, 0.3) is 0 Å². The van der Waals surface area contributed by atoms with Crippen molar-refractivity contribution < 1.29 is 14.0 Å². The quantitative estimate of drug-likeness (QED) is 0.175. The lowest BCUT2D eigenvalue weighted by Gasteiger charge is -2.48. The molecule has 0 heterocycles. The van der Waals surface area contributed by atoms with Gasteiger partial charge in [-0.15, -0.1) is 0 Å². The molecule has 1 N–H and O–H groups in total. The average molecular weight is 581 g/mol. The molecule has 0 radical (unpaired) electrons. The minimum Gasteiger partial charge on any atom is -0.417 e. The first-order chi connectivity index (χ1) is 18.4. The van der Waals surface area contributed by atoms with Gasteiger partial charge in [0, 0.05) is 12.0 Å². The van der Waals surface area contributed by atoms with Crippen LogP contribution in [0.1, 0.15) is 81.6 Å². The van der Waals surface area contributed by atoms with E-state index in [-0.39, 0.29) is 21.4 Å². The second-order valence-corrected chi connectivity index (χ2v) is 24.3. The molecule has 1 aliphatic carbocycles. The van der Waals surface area contributed by atoms with Gasteiger partial charge < -0.3 is 14.0 Å². The predicted molar refractivity (Wildman–Crippen MR) is 177 cm³/mol. The SMILES string of the molecule is C[C@H]1C[C@@](C)(O)[C@@](C)(CCCO[Si](C)(C)C(C)(C)C)C=C1CO[Si](c1ccccc1)(c1ccccc1)C(C)(C)C. The Morgan fingerprint density at radius 2 is 1.32 bits per heavy atom. The van der Waals surface area contributed by atoms with E-state index in [1.54, 1.807) is 0 Å². The molecule has 0 saturated heterocycles. The normalized spacial score (nSPS) is 24.6. The lowest BCUT2D eigenvalue weighted by molar-refractivity contribution is -0.0640. The molecule has 0 spiro atoms. The molecule has 0 aliphatic heterocycles. The minimum absolute atomic E-state index is 0.0654. The zero-order chi connectivity index (χ0) is 30.0. The second-order valence-electron chi connectivity index (χ2n) is 15.2. The third-order valence-electron chi connectivity index (χ3n) is 10.1. The van der Waals surface area contributed by atoms with Crippen molar-refractivity contribution in [3.63, 3.8) is 0 Å². The van der Waals surface area contributed by atoms with Gasteiger partial charge in [-0.2, -0.15) is 0 Å². The molecule has 1 aliphatic rings. The Hall–Kier alpha value is -1.51. The van der Waals surface area contributed by atoms with Gasteiger partial charge in [0.25, 0.3) is 8.32 Å². The van der Waals surface area contributed by atoms with Crippen molar-refractivity contribution in [3.05, 3.63) is 72.3 Å². The molecule has 0 bridgehead atoms.